The van der Waals surface area contributed by atoms with E-state index in [1.54, 1.807) is 19.1 Å². The minimum atomic E-state index is -1.09. The second-order valence-electron chi connectivity index (χ2n) is 2.62. The van der Waals surface area contributed by atoms with Gasteiger partial charge in [-0.05, 0) is 24.3 Å². The molecule has 0 saturated carbocycles. The van der Waals surface area contributed by atoms with Crippen molar-refractivity contribution in [3.8, 4) is 0 Å². The van der Waals surface area contributed by atoms with Crippen LogP contribution in [0.25, 0.3) is 0 Å². The lowest BCUT2D eigenvalue weighted by Gasteiger charge is -2.03. The Bertz CT molecular complexity index is 348. The third-order valence-electron chi connectivity index (χ3n) is 1.63. The fraction of sp³-hybridized carbons (Fsp3) is 0.222. The van der Waals surface area contributed by atoms with Crippen molar-refractivity contribution in [2.45, 2.75) is 6.92 Å². The molecule has 0 fully saturated rings. The third kappa shape index (κ3) is 2.85. The molecule has 0 aromatic heterocycles. The van der Waals surface area contributed by atoms with Crippen LogP contribution in [0.3, 0.4) is 0 Å². The molecule has 14 heavy (non-hydrogen) atoms. The highest BCUT2D eigenvalue weighted by atomic mass is 32.2. The largest absolute Gasteiger partial charge is 0.478 e. The summed E-state index contributed by atoms with van der Waals surface area (Å²) in [6, 6.07) is 6.13. The number of rotatable bonds is 4. The first-order valence-electron chi connectivity index (χ1n) is 4.12. The molecule has 2 N–H and O–H groups in total. The van der Waals surface area contributed by atoms with Crippen LogP contribution in [-0.4, -0.2) is 21.0 Å². The number of hydrogen-bond acceptors (Lipinski definition) is 2. The molecule has 76 valence electrons. The van der Waals surface area contributed by atoms with Gasteiger partial charge in [0.05, 0.1) is 5.56 Å². The molecule has 0 spiro atoms. The number of carboxylic acid groups (broad SMARTS) is 1. The summed E-state index contributed by atoms with van der Waals surface area (Å²) in [5.41, 5.74) is 0.882. The highest BCUT2D eigenvalue weighted by Crippen LogP contribution is 2.10. The van der Waals surface area contributed by atoms with E-state index in [1.807, 2.05) is 0 Å². The Kier molecular flexibility index (Phi) is 3.64. The molecule has 0 saturated heterocycles. The van der Waals surface area contributed by atoms with Crippen molar-refractivity contribution in [1.29, 1.82) is 0 Å². The van der Waals surface area contributed by atoms with Crippen LogP contribution in [0.2, 0.25) is 0 Å². The van der Waals surface area contributed by atoms with Crippen molar-refractivity contribution in [3.63, 3.8) is 0 Å². The molecule has 1 unspecified atom stereocenters. The molecule has 5 heteroatoms. The molecule has 0 aliphatic heterocycles. The van der Waals surface area contributed by atoms with Crippen molar-refractivity contribution < 1.29 is 14.1 Å². The van der Waals surface area contributed by atoms with Gasteiger partial charge >= 0.3 is 5.97 Å². The lowest BCUT2D eigenvalue weighted by Crippen LogP contribution is -2.06. The lowest BCUT2D eigenvalue weighted by atomic mass is 10.2. The maximum atomic E-state index is 11.1. The van der Waals surface area contributed by atoms with Crippen LogP contribution in [0.1, 0.15) is 17.3 Å². The highest BCUT2D eigenvalue weighted by Gasteiger charge is 2.02. The minimum Gasteiger partial charge on any atom is -0.478 e. The molecule has 0 heterocycles. The molecule has 0 bridgehead atoms. The molecular weight excluding hydrogens is 202 g/mol. The van der Waals surface area contributed by atoms with Crippen molar-refractivity contribution in [2.75, 3.05) is 10.5 Å². The van der Waals surface area contributed by atoms with E-state index in [0.29, 0.717) is 11.4 Å². The maximum Gasteiger partial charge on any atom is 0.335 e. The van der Waals surface area contributed by atoms with E-state index in [1.165, 1.54) is 12.1 Å². The van der Waals surface area contributed by atoms with Crippen molar-refractivity contribution in [3.05, 3.63) is 29.8 Å². The van der Waals surface area contributed by atoms with Gasteiger partial charge in [0.1, 0.15) is 11.0 Å². The molecular formula is C9H11NO3S. The maximum absolute atomic E-state index is 11.1. The Balaban J connectivity index is 2.73. The second kappa shape index (κ2) is 4.76. The topological polar surface area (TPSA) is 66.4 Å². The SMILES string of the molecule is CCS(=O)Nc1ccc(C(=O)O)cc1. The van der Waals surface area contributed by atoms with E-state index in [4.69, 9.17) is 5.11 Å². The molecule has 1 rings (SSSR count). The number of anilines is 1. The first-order valence-corrected chi connectivity index (χ1v) is 5.43. The summed E-state index contributed by atoms with van der Waals surface area (Å²) in [6.07, 6.45) is 0. The van der Waals surface area contributed by atoms with Gasteiger partial charge in [0.2, 0.25) is 0 Å². The van der Waals surface area contributed by atoms with Gasteiger partial charge in [-0.2, -0.15) is 0 Å². The first-order chi connectivity index (χ1) is 6.63. The molecule has 1 atom stereocenters. The Morgan fingerprint density at radius 2 is 2.00 bits per heavy atom. The van der Waals surface area contributed by atoms with Crippen LogP contribution in [0.5, 0.6) is 0 Å². The fourth-order valence-corrected chi connectivity index (χ4v) is 1.43. The number of carbonyl (C=O) groups is 1. The van der Waals surface area contributed by atoms with Crippen LogP contribution >= 0.6 is 0 Å². The summed E-state index contributed by atoms with van der Waals surface area (Å²) in [5, 5.41) is 8.62. The summed E-state index contributed by atoms with van der Waals surface area (Å²) in [6.45, 7) is 1.80. The van der Waals surface area contributed by atoms with Crippen LogP contribution in [-0.2, 0) is 11.0 Å². The Labute approximate surface area is 84.5 Å². The number of benzene rings is 1. The van der Waals surface area contributed by atoms with Crippen LogP contribution in [0.15, 0.2) is 24.3 Å². The van der Waals surface area contributed by atoms with Gasteiger partial charge in [-0.15, -0.1) is 0 Å². The smallest absolute Gasteiger partial charge is 0.335 e. The van der Waals surface area contributed by atoms with Gasteiger partial charge in [-0.1, -0.05) is 6.92 Å². The summed E-state index contributed by atoms with van der Waals surface area (Å²) in [7, 11) is -1.09. The molecule has 0 amide bonds. The number of carboxylic acids is 1. The van der Waals surface area contributed by atoms with Crippen LogP contribution in [0.4, 0.5) is 5.69 Å². The van der Waals surface area contributed by atoms with E-state index < -0.39 is 17.0 Å². The summed E-state index contributed by atoms with van der Waals surface area (Å²) < 4.78 is 13.8. The van der Waals surface area contributed by atoms with Gasteiger partial charge in [0.25, 0.3) is 0 Å². The zero-order chi connectivity index (χ0) is 10.6. The van der Waals surface area contributed by atoms with Gasteiger partial charge in [0.15, 0.2) is 0 Å². The normalized spacial score (nSPS) is 12.1. The summed E-state index contributed by atoms with van der Waals surface area (Å²) in [5.74, 6) is -0.450. The number of aromatic carboxylic acids is 1. The van der Waals surface area contributed by atoms with Crippen molar-refractivity contribution in [2.24, 2.45) is 0 Å². The Morgan fingerprint density at radius 3 is 2.43 bits per heavy atom. The average Bonchev–Trinajstić information content (AvgIpc) is 2.18. The Hall–Kier alpha value is -1.36. The van der Waals surface area contributed by atoms with E-state index >= 15 is 0 Å². The zero-order valence-corrected chi connectivity index (χ0v) is 8.50. The molecule has 0 radical (unpaired) electrons. The summed E-state index contributed by atoms with van der Waals surface area (Å²) in [4.78, 5) is 10.5. The molecule has 1 aromatic rings. The first kappa shape index (κ1) is 10.7. The van der Waals surface area contributed by atoms with Crippen LogP contribution < -0.4 is 4.72 Å². The molecule has 0 aliphatic carbocycles. The van der Waals surface area contributed by atoms with E-state index in [0.717, 1.165) is 0 Å². The van der Waals surface area contributed by atoms with E-state index in [-0.39, 0.29) is 5.56 Å². The number of nitrogens with one attached hydrogen (secondary N) is 1. The average molecular weight is 213 g/mol. The predicted molar refractivity (Wildman–Crippen MR) is 55.7 cm³/mol. The summed E-state index contributed by atoms with van der Waals surface area (Å²) >= 11 is 0. The highest BCUT2D eigenvalue weighted by molar-refractivity contribution is 7.86. The fourth-order valence-electron chi connectivity index (χ4n) is 0.884. The van der Waals surface area contributed by atoms with Gasteiger partial charge in [0, 0.05) is 11.4 Å². The monoisotopic (exact) mass is 213 g/mol. The Morgan fingerprint density at radius 1 is 1.43 bits per heavy atom. The second-order valence-corrected chi connectivity index (χ2v) is 4.09. The van der Waals surface area contributed by atoms with Crippen molar-refractivity contribution in [1.82, 2.24) is 0 Å². The molecule has 4 nitrogen and oxygen atoms in total. The quantitative estimate of drug-likeness (QED) is 0.796. The van der Waals surface area contributed by atoms with E-state index in [9.17, 15) is 9.00 Å². The molecule has 0 aliphatic rings. The standard InChI is InChI=1S/C9H11NO3S/c1-2-14(13)10-8-5-3-7(4-6-8)9(11)12/h3-6,10H,2H2,1H3,(H,11,12). The predicted octanol–water partition coefficient (Wildman–Crippen LogP) is 1.48. The van der Waals surface area contributed by atoms with Crippen molar-refractivity contribution >= 4 is 22.6 Å². The van der Waals surface area contributed by atoms with Gasteiger partial charge < -0.3 is 9.83 Å². The number of hydrogen-bond donors (Lipinski definition) is 2. The molecule has 1 aromatic carbocycles. The zero-order valence-electron chi connectivity index (χ0n) is 7.69. The third-order valence-corrected chi connectivity index (χ3v) is 2.61. The minimum absolute atomic E-state index is 0.220. The van der Waals surface area contributed by atoms with Crippen LogP contribution in [0, 0.1) is 0 Å². The van der Waals surface area contributed by atoms with Gasteiger partial charge in [-0.25, -0.2) is 9.00 Å². The van der Waals surface area contributed by atoms with Gasteiger partial charge in [-0.3, -0.25) is 0 Å². The lowest BCUT2D eigenvalue weighted by molar-refractivity contribution is 0.0697. The van der Waals surface area contributed by atoms with E-state index in [2.05, 4.69) is 4.72 Å².